The monoisotopic (exact) mass is 625 g/mol. The highest BCUT2D eigenvalue weighted by Crippen LogP contribution is 2.28. The minimum Gasteiger partial charge on any atom is -0.352 e. The molecule has 0 saturated carbocycles. The molecule has 3 aromatic rings. The van der Waals surface area contributed by atoms with Crippen LogP contribution in [0.2, 0.25) is 10.0 Å². The van der Waals surface area contributed by atoms with Crippen LogP contribution >= 0.6 is 23.2 Å². The van der Waals surface area contributed by atoms with E-state index in [1.54, 1.807) is 42.5 Å². The molecule has 0 aliphatic rings. The lowest BCUT2D eigenvalue weighted by molar-refractivity contribution is -0.140. The molecule has 0 unspecified atom stereocenters. The molecule has 0 fully saturated rings. The molecule has 0 aromatic heterocycles. The van der Waals surface area contributed by atoms with Crippen molar-refractivity contribution in [3.63, 3.8) is 0 Å². The van der Waals surface area contributed by atoms with Gasteiger partial charge in [-0.25, -0.2) is 17.2 Å². The minimum absolute atomic E-state index is 0.0982. The van der Waals surface area contributed by atoms with E-state index in [1.807, 2.05) is 19.9 Å². The second-order valence-corrected chi connectivity index (χ2v) is 12.3. The van der Waals surface area contributed by atoms with Gasteiger partial charge in [0.05, 0.1) is 11.9 Å². The second kappa shape index (κ2) is 14.1. The maximum absolute atomic E-state index is 14.1. The highest BCUT2D eigenvalue weighted by Gasteiger charge is 2.34. The Morgan fingerprint density at radius 2 is 1.59 bits per heavy atom. The number of halogens is 4. The van der Waals surface area contributed by atoms with Gasteiger partial charge in [0.1, 0.15) is 12.6 Å². The summed E-state index contributed by atoms with van der Waals surface area (Å²) < 4.78 is 53.8. The number of rotatable bonds is 12. The summed E-state index contributed by atoms with van der Waals surface area (Å²) in [4.78, 5) is 28.9. The topological polar surface area (TPSA) is 86.8 Å². The van der Waals surface area contributed by atoms with Gasteiger partial charge in [0.2, 0.25) is 21.8 Å². The minimum atomic E-state index is -4.15. The van der Waals surface area contributed by atoms with Crippen LogP contribution in [0.1, 0.15) is 31.4 Å². The van der Waals surface area contributed by atoms with E-state index in [0.717, 1.165) is 24.0 Å². The SMILES string of the molecule is CC[C@H](C)NC(=O)[C@@H](Cc1ccccc1)N(Cc1c(Cl)cccc1Cl)C(=O)CN(c1ccc(F)c(F)c1)S(C)(=O)=O. The van der Waals surface area contributed by atoms with Gasteiger partial charge in [-0.2, -0.15) is 0 Å². The van der Waals surface area contributed by atoms with E-state index >= 15 is 0 Å². The molecule has 41 heavy (non-hydrogen) atoms. The van der Waals surface area contributed by atoms with Gasteiger partial charge in [-0.05, 0) is 43.2 Å². The van der Waals surface area contributed by atoms with E-state index in [0.29, 0.717) is 22.4 Å². The molecule has 0 bridgehead atoms. The van der Waals surface area contributed by atoms with Crippen molar-refractivity contribution in [2.24, 2.45) is 0 Å². The number of sulfonamides is 1. The first-order valence-electron chi connectivity index (χ1n) is 12.8. The van der Waals surface area contributed by atoms with Crippen LogP contribution in [0.3, 0.4) is 0 Å². The molecule has 12 heteroatoms. The normalized spacial score (nSPS) is 12.9. The third-order valence-corrected chi connectivity index (χ3v) is 8.38. The average molecular weight is 627 g/mol. The summed E-state index contributed by atoms with van der Waals surface area (Å²) in [6, 6.07) is 15.0. The van der Waals surface area contributed by atoms with E-state index in [2.05, 4.69) is 5.32 Å². The van der Waals surface area contributed by atoms with Crippen LogP contribution in [0.4, 0.5) is 14.5 Å². The molecule has 0 radical (unpaired) electrons. The van der Waals surface area contributed by atoms with Crippen molar-refractivity contribution in [1.82, 2.24) is 10.2 Å². The fourth-order valence-electron chi connectivity index (χ4n) is 4.10. The number of carbonyl (C=O) groups is 2. The van der Waals surface area contributed by atoms with Crippen molar-refractivity contribution < 1.29 is 26.8 Å². The van der Waals surface area contributed by atoms with Crippen molar-refractivity contribution in [3.8, 4) is 0 Å². The first kappa shape index (κ1) is 32.3. The smallest absolute Gasteiger partial charge is 0.244 e. The molecule has 3 aromatic carbocycles. The molecule has 2 amide bonds. The molecule has 220 valence electrons. The third-order valence-electron chi connectivity index (χ3n) is 6.53. The standard InChI is InChI=1S/C29H31Cl2F2N3O4S/c1-4-19(2)34-29(38)27(15-20-9-6-5-7-10-20)35(17-22-23(30)11-8-12-24(22)31)28(37)18-36(41(3,39)40)21-13-14-25(32)26(33)16-21/h5-14,16,19,27H,4,15,17-18H2,1-3H3,(H,34,38)/t19-,27+/m0/s1. The van der Waals surface area contributed by atoms with E-state index in [4.69, 9.17) is 23.2 Å². The Hall–Kier alpha value is -3.21. The Balaban J connectivity index is 2.12. The number of hydrogen-bond donors (Lipinski definition) is 1. The second-order valence-electron chi connectivity index (χ2n) is 9.61. The van der Waals surface area contributed by atoms with Crippen LogP contribution in [0.25, 0.3) is 0 Å². The Kier molecular flexibility index (Phi) is 11.1. The molecule has 0 heterocycles. The number of amides is 2. The van der Waals surface area contributed by atoms with E-state index in [9.17, 15) is 26.8 Å². The Morgan fingerprint density at radius 1 is 0.951 bits per heavy atom. The van der Waals surface area contributed by atoms with Crippen LogP contribution < -0.4 is 9.62 Å². The predicted octanol–water partition coefficient (Wildman–Crippen LogP) is 5.59. The summed E-state index contributed by atoms with van der Waals surface area (Å²) in [5.74, 6) is -3.69. The highest BCUT2D eigenvalue weighted by molar-refractivity contribution is 7.92. The van der Waals surface area contributed by atoms with Crippen molar-refractivity contribution >= 4 is 50.7 Å². The summed E-state index contributed by atoms with van der Waals surface area (Å²) in [5, 5.41) is 3.40. The van der Waals surface area contributed by atoms with Crippen LogP contribution in [0.15, 0.2) is 66.7 Å². The van der Waals surface area contributed by atoms with Gasteiger partial charge >= 0.3 is 0 Å². The van der Waals surface area contributed by atoms with Gasteiger partial charge in [0, 0.05) is 40.7 Å². The molecule has 3 rings (SSSR count). The van der Waals surface area contributed by atoms with Crippen molar-refractivity contribution in [1.29, 1.82) is 0 Å². The van der Waals surface area contributed by atoms with Gasteiger partial charge in [0.15, 0.2) is 11.6 Å². The Morgan fingerprint density at radius 3 is 2.15 bits per heavy atom. The highest BCUT2D eigenvalue weighted by atomic mass is 35.5. The summed E-state index contributed by atoms with van der Waals surface area (Å²) in [7, 11) is -4.15. The maximum atomic E-state index is 14.1. The van der Waals surface area contributed by atoms with E-state index < -0.39 is 46.1 Å². The number of nitrogens with one attached hydrogen (secondary N) is 1. The van der Waals surface area contributed by atoms with Gasteiger partial charge < -0.3 is 10.2 Å². The summed E-state index contributed by atoms with van der Waals surface area (Å²) >= 11 is 12.9. The van der Waals surface area contributed by atoms with Crippen LogP contribution in [-0.2, 0) is 32.6 Å². The Bertz CT molecular complexity index is 1470. The number of carbonyl (C=O) groups excluding carboxylic acids is 2. The van der Waals surface area contributed by atoms with Gasteiger partial charge in [0.25, 0.3) is 0 Å². The lowest BCUT2D eigenvalue weighted by Crippen LogP contribution is -2.54. The van der Waals surface area contributed by atoms with Crippen molar-refractivity contribution in [2.45, 2.75) is 45.3 Å². The number of benzene rings is 3. The number of hydrogen-bond acceptors (Lipinski definition) is 4. The first-order valence-corrected chi connectivity index (χ1v) is 15.4. The van der Waals surface area contributed by atoms with Crippen LogP contribution in [0, 0.1) is 11.6 Å². The fraction of sp³-hybridized carbons (Fsp3) is 0.310. The predicted molar refractivity (Wildman–Crippen MR) is 157 cm³/mol. The average Bonchev–Trinajstić information content (AvgIpc) is 2.92. The lowest BCUT2D eigenvalue weighted by atomic mass is 10.0. The van der Waals surface area contributed by atoms with Crippen molar-refractivity contribution in [3.05, 3.63) is 99.5 Å². The number of anilines is 1. The van der Waals surface area contributed by atoms with E-state index in [-0.39, 0.29) is 34.7 Å². The summed E-state index contributed by atoms with van der Waals surface area (Å²) in [6.07, 6.45) is 1.57. The number of nitrogens with zero attached hydrogens (tertiary/aromatic N) is 2. The lowest BCUT2D eigenvalue weighted by Gasteiger charge is -2.34. The van der Waals surface area contributed by atoms with Gasteiger partial charge in [-0.1, -0.05) is 66.5 Å². The molecule has 0 spiro atoms. The Labute approximate surface area is 249 Å². The molecular weight excluding hydrogens is 595 g/mol. The van der Waals surface area contributed by atoms with Crippen LogP contribution in [0.5, 0.6) is 0 Å². The zero-order valence-electron chi connectivity index (χ0n) is 22.8. The molecule has 0 saturated heterocycles. The molecule has 1 N–H and O–H groups in total. The van der Waals surface area contributed by atoms with E-state index in [1.165, 1.54) is 4.90 Å². The summed E-state index contributed by atoms with van der Waals surface area (Å²) in [6.45, 7) is 2.70. The zero-order chi connectivity index (χ0) is 30.3. The maximum Gasteiger partial charge on any atom is 0.244 e. The van der Waals surface area contributed by atoms with Crippen LogP contribution in [-0.4, -0.2) is 50.0 Å². The summed E-state index contributed by atoms with van der Waals surface area (Å²) in [5.41, 5.74) is 0.858. The fourth-order valence-corrected chi connectivity index (χ4v) is 5.46. The third kappa shape index (κ3) is 8.64. The quantitative estimate of drug-likeness (QED) is 0.284. The molecule has 0 aliphatic heterocycles. The zero-order valence-corrected chi connectivity index (χ0v) is 25.1. The molecule has 0 aliphatic carbocycles. The molecule has 7 nitrogen and oxygen atoms in total. The van der Waals surface area contributed by atoms with Gasteiger partial charge in [-0.3, -0.25) is 13.9 Å². The van der Waals surface area contributed by atoms with Crippen molar-refractivity contribution in [2.75, 3.05) is 17.1 Å². The first-order chi connectivity index (χ1) is 19.3. The van der Waals surface area contributed by atoms with Gasteiger partial charge in [-0.15, -0.1) is 0 Å². The molecule has 2 atom stereocenters. The molecular formula is C29H31Cl2F2N3O4S. The largest absolute Gasteiger partial charge is 0.352 e.